The maximum absolute atomic E-state index is 13.3. The van der Waals surface area contributed by atoms with Gasteiger partial charge in [0, 0.05) is 25.6 Å². The van der Waals surface area contributed by atoms with Crippen LogP contribution in [-0.2, 0) is 11.0 Å². The normalized spacial score (nSPS) is 17.5. The molecule has 162 valence electrons. The molecule has 0 aromatic heterocycles. The number of alkyl halides is 3. The van der Waals surface area contributed by atoms with Crippen LogP contribution in [0.5, 0.6) is 11.5 Å². The molecule has 30 heavy (non-hydrogen) atoms. The molecule has 1 N–H and O–H groups in total. The number of nitrogens with one attached hydrogen (secondary N) is 1. The molecule has 1 unspecified atom stereocenters. The van der Waals surface area contributed by atoms with E-state index in [0.717, 1.165) is 11.6 Å². The van der Waals surface area contributed by atoms with Crippen LogP contribution in [0.4, 0.5) is 18.9 Å². The minimum atomic E-state index is -4.48. The van der Waals surface area contributed by atoms with Crippen LogP contribution in [0.15, 0.2) is 42.5 Å². The molecule has 8 heteroatoms. The molecule has 5 nitrogen and oxygen atoms in total. The van der Waals surface area contributed by atoms with Crippen molar-refractivity contribution in [1.29, 1.82) is 0 Å². The largest absolute Gasteiger partial charge is 0.496 e. The van der Waals surface area contributed by atoms with Crippen molar-refractivity contribution in [3.05, 3.63) is 53.6 Å². The molecule has 0 bridgehead atoms. The summed E-state index contributed by atoms with van der Waals surface area (Å²) in [7, 11) is 1.23. The molecule has 0 spiro atoms. The lowest BCUT2D eigenvalue weighted by Crippen LogP contribution is -2.25. The van der Waals surface area contributed by atoms with Gasteiger partial charge >= 0.3 is 6.18 Å². The van der Waals surface area contributed by atoms with Gasteiger partial charge in [0.25, 0.3) is 0 Å². The standard InChI is InChI=1S/C22H25F3N2O3/c1-14(26-15(2)28)16-4-7-18(8-5-16)30-19-10-11-27(13-19)17-6-9-21(29-3)20(12-17)22(23,24)25/h4-9,12,14,19H,10-11,13H2,1-3H3,(H,26,28)/t14-,19?/m0/s1. The number of amides is 1. The van der Waals surface area contributed by atoms with Gasteiger partial charge in [0.15, 0.2) is 0 Å². The molecule has 3 rings (SSSR count). The van der Waals surface area contributed by atoms with Crippen molar-refractivity contribution in [2.45, 2.75) is 38.6 Å². The van der Waals surface area contributed by atoms with Crippen LogP contribution in [0.25, 0.3) is 0 Å². The van der Waals surface area contributed by atoms with Gasteiger partial charge in [0.05, 0.1) is 25.3 Å². The lowest BCUT2D eigenvalue weighted by molar-refractivity contribution is -0.138. The van der Waals surface area contributed by atoms with Crippen molar-refractivity contribution < 1.29 is 27.4 Å². The zero-order chi connectivity index (χ0) is 21.9. The van der Waals surface area contributed by atoms with E-state index < -0.39 is 11.7 Å². The van der Waals surface area contributed by atoms with Crippen molar-refractivity contribution in [2.24, 2.45) is 0 Å². The van der Waals surface area contributed by atoms with Crippen molar-refractivity contribution in [3.8, 4) is 11.5 Å². The van der Waals surface area contributed by atoms with E-state index in [9.17, 15) is 18.0 Å². The number of ether oxygens (including phenoxy) is 2. The van der Waals surface area contributed by atoms with Crippen LogP contribution in [0.2, 0.25) is 0 Å². The smallest absolute Gasteiger partial charge is 0.420 e. The van der Waals surface area contributed by atoms with Gasteiger partial charge in [0.2, 0.25) is 5.91 Å². The number of halogens is 3. The fourth-order valence-electron chi connectivity index (χ4n) is 3.59. The maximum Gasteiger partial charge on any atom is 0.420 e. The van der Waals surface area contributed by atoms with Gasteiger partial charge in [0.1, 0.15) is 17.6 Å². The van der Waals surface area contributed by atoms with Gasteiger partial charge in [-0.25, -0.2) is 0 Å². The Morgan fingerprint density at radius 3 is 2.50 bits per heavy atom. The number of rotatable bonds is 6. The summed E-state index contributed by atoms with van der Waals surface area (Å²) in [5.74, 6) is 0.402. The molecule has 0 aliphatic carbocycles. The third-order valence-electron chi connectivity index (χ3n) is 5.10. The highest BCUT2D eigenvalue weighted by atomic mass is 19.4. The first-order valence-corrected chi connectivity index (χ1v) is 9.71. The summed E-state index contributed by atoms with van der Waals surface area (Å²) in [6, 6.07) is 11.5. The summed E-state index contributed by atoms with van der Waals surface area (Å²) in [6.45, 7) is 4.47. The number of anilines is 1. The summed E-state index contributed by atoms with van der Waals surface area (Å²) in [6.07, 6.45) is -3.90. The van der Waals surface area contributed by atoms with Gasteiger partial charge in [-0.05, 0) is 42.8 Å². The molecule has 0 radical (unpaired) electrons. The Labute approximate surface area is 173 Å². The van der Waals surface area contributed by atoms with Gasteiger partial charge in [-0.2, -0.15) is 13.2 Å². The van der Waals surface area contributed by atoms with E-state index in [2.05, 4.69) is 5.32 Å². The van der Waals surface area contributed by atoms with Crippen LogP contribution in [-0.4, -0.2) is 32.2 Å². The van der Waals surface area contributed by atoms with Crippen LogP contribution in [0.3, 0.4) is 0 Å². The topological polar surface area (TPSA) is 50.8 Å². The predicted octanol–water partition coefficient (Wildman–Crippen LogP) is 4.57. The molecule has 2 aromatic carbocycles. The molecule has 0 saturated carbocycles. The lowest BCUT2D eigenvalue weighted by Gasteiger charge is -2.21. The molecule has 2 aromatic rings. The monoisotopic (exact) mass is 422 g/mol. The second kappa shape index (κ2) is 8.85. The maximum atomic E-state index is 13.3. The van der Waals surface area contributed by atoms with Gasteiger partial charge in [-0.1, -0.05) is 12.1 Å². The highest BCUT2D eigenvalue weighted by Gasteiger charge is 2.35. The fraction of sp³-hybridized carbons (Fsp3) is 0.409. The fourth-order valence-corrected chi connectivity index (χ4v) is 3.59. The average molecular weight is 422 g/mol. The summed E-state index contributed by atoms with van der Waals surface area (Å²) >= 11 is 0. The molecule has 1 amide bonds. The Morgan fingerprint density at radius 1 is 1.20 bits per heavy atom. The third kappa shape index (κ3) is 5.17. The molecule has 1 aliphatic rings. The van der Waals surface area contributed by atoms with E-state index in [1.54, 1.807) is 6.07 Å². The summed E-state index contributed by atoms with van der Waals surface area (Å²) in [5, 5.41) is 2.82. The Bertz CT molecular complexity index is 884. The summed E-state index contributed by atoms with van der Waals surface area (Å²) in [4.78, 5) is 13.1. The minimum Gasteiger partial charge on any atom is -0.496 e. The highest BCUT2D eigenvalue weighted by Crippen LogP contribution is 2.39. The first-order valence-electron chi connectivity index (χ1n) is 9.71. The molecular weight excluding hydrogens is 397 g/mol. The molecular formula is C22H25F3N2O3. The zero-order valence-corrected chi connectivity index (χ0v) is 17.1. The van der Waals surface area contributed by atoms with Gasteiger partial charge in [-0.15, -0.1) is 0 Å². The van der Waals surface area contributed by atoms with E-state index in [1.165, 1.54) is 20.1 Å². The van der Waals surface area contributed by atoms with E-state index in [0.29, 0.717) is 30.9 Å². The van der Waals surface area contributed by atoms with Crippen molar-refractivity contribution >= 4 is 11.6 Å². The Balaban J connectivity index is 1.64. The molecule has 1 aliphatic heterocycles. The number of hydrogen-bond donors (Lipinski definition) is 1. The van der Waals surface area contributed by atoms with Gasteiger partial charge in [-0.3, -0.25) is 4.79 Å². The van der Waals surface area contributed by atoms with Crippen LogP contribution < -0.4 is 19.7 Å². The molecule has 1 heterocycles. The predicted molar refractivity (Wildman–Crippen MR) is 108 cm³/mol. The number of carbonyl (C=O) groups excluding carboxylic acids is 1. The SMILES string of the molecule is COc1ccc(N2CCC(Oc3ccc([C@H](C)NC(C)=O)cc3)C2)cc1C(F)(F)F. The van der Waals surface area contributed by atoms with Crippen LogP contribution >= 0.6 is 0 Å². The molecule has 1 saturated heterocycles. The quantitative estimate of drug-likeness (QED) is 0.741. The Morgan fingerprint density at radius 2 is 1.90 bits per heavy atom. The number of hydrogen-bond acceptors (Lipinski definition) is 4. The van der Waals surface area contributed by atoms with Gasteiger partial charge < -0.3 is 19.7 Å². The summed E-state index contributed by atoms with van der Waals surface area (Å²) in [5.41, 5.74) is 0.674. The zero-order valence-electron chi connectivity index (χ0n) is 17.1. The van der Waals surface area contributed by atoms with Crippen LogP contribution in [0, 0.1) is 0 Å². The number of nitrogens with zero attached hydrogens (tertiary/aromatic N) is 1. The molecule has 1 fully saturated rings. The van der Waals surface area contributed by atoms with Crippen molar-refractivity contribution in [2.75, 3.05) is 25.1 Å². The number of methoxy groups -OCH3 is 1. The Kier molecular flexibility index (Phi) is 6.43. The lowest BCUT2D eigenvalue weighted by atomic mass is 10.1. The summed E-state index contributed by atoms with van der Waals surface area (Å²) < 4.78 is 50.7. The Hall–Kier alpha value is -2.90. The van der Waals surface area contributed by atoms with E-state index in [1.807, 2.05) is 36.1 Å². The first-order chi connectivity index (χ1) is 14.2. The molecule has 2 atom stereocenters. The van der Waals surface area contributed by atoms with Crippen molar-refractivity contribution in [1.82, 2.24) is 5.32 Å². The minimum absolute atomic E-state index is 0.0962. The van der Waals surface area contributed by atoms with E-state index in [4.69, 9.17) is 9.47 Å². The van der Waals surface area contributed by atoms with E-state index >= 15 is 0 Å². The average Bonchev–Trinajstić information content (AvgIpc) is 3.15. The number of carbonyl (C=O) groups is 1. The van der Waals surface area contributed by atoms with E-state index in [-0.39, 0.29) is 23.8 Å². The number of benzene rings is 2. The third-order valence-corrected chi connectivity index (χ3v) is 5.10. The first kappa shape index (κ1) is 21.8. The van der Waals surface area contributed by atoms with Crippen LogP contribution in [0.1, 0.15) is 37.4 Å². The second-order valence-corrected chi connectivity index (χ2v) is 7.35. The second-order valence-electron chi connectivity index (χ2n) is 7.35. The van der Waals surface area contributed by atoms with Crippen molar-refractivity contribution in [3.63, 3.8) is 0 Å². The highest BCUT2D eigenvalue weighted by molar-refractivity contribution is 5.73.